The van der Waals surface area contributed by atoms with E-state index < -0.39 is 5.54 Å². The Kier molecular flexibility index (Phi) is 3.70. The second-order valence-corrected chi connectivity index (χ2v) is 4.48. The monoisotopic (exact) mass is 225 g/mol. The number of nitrogens with zero attached hydrogens (tertiary/aromatic N) is 1. The number of carbonyl (C=O) groups excluding carboxylic acids is 1. The van der Waals surface area contributed by atoms with Crippen LogP contribution in [0.4, 0.5) is 0 Å². The third kappa shape index (κ3) is 2.61. The van der Waals surface area contributed by atoms with Crippen LogP contribution in [0.15, 0.2) is 4.52 Å². The van der Waals surface area contributed by atoms with Crippen LogP contribution in [0.1, 0.15) is 42.6 Å². The summed E-state index contributed by atoms with van der Waals surface area (Å²) < 4.78 is 5.07. The fourth-order valence-electron chi connectivity index (χ4n) is 1.33. The van der Waals surface area contributed by atoms with Crippen LogP contribution in [0.2, 0.25) is 0 Å². The number of hydrogen-bond donors (Lipinski definition) is 2. The molecule has 1 rings (SSSR count). The highest BCUT2D eigenvalue weighted by Gasteiger charge is 2.23. The molecular formula is C11H19N3O2. The van der Waals surface area contributed by atoms with Gasteiger partial charge in [0.15, 0.2) is 5.69 Å². The number of amides is 1. The maximum absolute atomic E-state index is 11.9. The number of rotatable bonds is 4. The largest absolute Gasteiger partial charge is 0.360 e. The highest BCUT2D eigenvalue weighted by atomic mass is 16.5. The third-order valence-electron chi connectivity index (χ3n) is 2.52. The van der Waals surface area contributed by atoms with Gasteiger partial charge in [0, 0.05) is 24.1 Å². The molecule has 1 heterocycles. The van der Waals surface area contributed by atoms with Crippen molar-refractivity contribution in [3.05, 3.63) is 17.0 Å². The predicted octanol–water partition coefficient (Wildman–Crippen LogP) is 1.01. The Bertz CT molecular complexity index is 383. The van der Waals surface area contributed by atoms with Gasteiger partial charge < -0.3 is 15.6 Å². The Balaban J connectivity index is 2.85. The summed E-state index contributed by atoms with van der Waals surface area (Å²) in [5.74, 6) is 0.507. The van der Waals surface area contributed by atoms with Crippen molar-refractivity contribution < 1.29 is 9.32 Å². The van der Waals surface area contributed by atoms with Crippen LogP contribution >= 0.6 is 0 Å². The number of nitrogens with one attached hydrogen (secondary N) is 1. The average molecular weight is 225 g/mol. The molecule has 0 radical (unpaired) electrons. The van der Waals surface area contributed by atoms with Gasteiger partial charge in [0.05, 0.1) is 0 Å². The minimum atomic E-state index is -0.436. The Morgan fingerprint density at radius 1 is 1.56 bits per heavy atom. The van der Waals surface area contributed by atoms with Gasteiger partial charge in [-0.25, -0.2) is 0 Å². The number of hydrogen-bond acceptors (Lipinski definition) is 4. The van der Waals surface area contributed by atoms with E-state index in [9.17, 15) is 4.79 Å². The van der Waals surface area contributed by atoms with Crippen molar-refractivity contribution in [3.63, 3.8) is 0 Å². The number of aryl methyl sites for hydroxylation is 1. The summed E-state index contributed by atoms with van der Waals surface area (Å²) in [4.78, 5) is 11.9. The smallest absolute Gasteiger partial charge is 0.274 e. The molecule has 0 aliphatic rings. The zero-order valence-electron chi connectivity index (χ0n) is 10.3. The van der Waals surface area contributed by atoms with Crippen LogP contribution in [0.5, 0.6) is 0 Å². The molecule has 0 unspecified atom stereocenters. The molecule has 0 fully saturated rings. The van der Waals surface area contributed by atoms with E-state index in [-0.39, 0.29) is 5.91 Å². The molecule has 16 heavy (non-hydrogen) atoms. The van der Waals surface area contributed by atoms with Crippen LogP contribution in [0, 0.1) is 6.92 Å². The highest BCUT2D eigenvalue weighted by Crippen LogP contribution is 2.14. The van der Waals surface area contributed by atoms with Crippen LogP contribution < -0.4 is 11.1 Å². The zero-order valence-corrected chi connectivity index (χ0v) is 10.3. The van der Waals surface area contributed by atoms with E-state index in [1.54, 1.807) is 0 Å². The van der Waals surface area contributed by atoms with E-state index >= 15 is 0 Å². The van der Waals surface area contributed by atoms with E-state index in [2.05, 4.69) is 10.5 Å². The number of aromatic nitrogens is 1. The average Bonchev–Trinajstić information content (AvgIpc) is 2.59. The summed E-state index contributed by atoms with van der Waals surface area (Å²) in [6.07, 6.45) is 0.729. The molecule has 1 amide bonds. The predicted molar refractivity (Wildman–Crippen MR) is 61.2 cm³/mol. The summed E-state index contributed by atoms with van der Waals surface area (Å²) in [5.41, 5.74) is 6.25. The van der Waals surface area contributed by atoms with E-state index in [0.29, 0.717) is 12.2 Å². The van der Waals surface area contributed by atoms with Crippen molar-refractivity contribution in [1.82, 2.24) is 10.5 Å². The molecule has 0 atom stereocenters. The van der Waals surface area contributed by atoms with E-state index in [0.717, 1.165) is 17.7 Å². The van der Waals surface area contributed by atoms with E-state index in [4.69, 9.17) is 10.3 Å². The second-order valence-electron chi connectivity index (χ2n) is 4.48. The van der Waals surface area contributed by atoms with Crippen LogP contribution in [0.25, 0.3) is 0 Å². The first-order valence-corrected chi connectivity index (χ1v) is 5.39. The van der Waals surface area contributed by atoms with Gasteiger partial charge in [-0.2, -0.15) is 0 Å². The molecule has 0 aliphatic heterocycles. The Labute approximate surface area is 95.4 Å². The lowest BCUT2D eigenvalue weighted by molar-refractivity contribution is 0.0906. The number of carbonyl (C=O) groups is 1. The topological polar surface area (TPSA) is 81.2 Å². The van der Waals surface area contributed by atoms with Gasteiger partial charge in [0.2, 0.25) is 0 Å². The van der Waals surface area contributed by atoms with Crippen LogP contribution in [-0.2, 0) is 6.42 Å². The summed E-state index contributed by atoms with van der Waals surface area (Å²) in [5, 5.41) is 6.59. The van der Waals surface area contributed by atoms with Crippen molar-refractivity contribution in [3.8, 4) is 0 Å². The Hall–Kier alpha value is -1.36. The molecule has 0 aliphatic carbocycles. The van der Waals surface area contributed by atoms with Gasteiger partial charge >= 0.3 is 0 Å². The minimum absolute atomic E-state index is 0.239. The van der Waals surface area contributed by atoms with Gasteiger partial charge in [-0.05, 0) is 20.8 Å². The molecule has 1 aromatic heterocycles. The molecule has 0 aromatic carbocycles. The van der Waals surface area contributed by atoms with Crippen LogP contribution in [0.3, 0.4) is 0 Å². The molecule has 0 saturated heterocycles. The third-order valence-corrected chi connectivity index (χ3v) is 2.52. The molecule has 0 bridgehead atoms. The number of nitrogens with two attached hydrogens (primary N) is 1. The lowest BCUT2D eigenvalue weighted by Gasteiger charge is -2.23. The lowest BCUT2D eigenvalue weighted by Crippen LogP contribution is -2.49. The molecule has 1 aromatic rings. The first-order chi connectivity index (χ1) is 7.41. The highest BCUT2D eigenvalue weighted by molar-refractivity contribution is 5.94. The van der Waals surface area contributed by atoms with Gasteiger partial charge in [-0.3, -0.25) is 4.79 Å². The second kappa shape index (κ2) is 4.65. The Morgan fingerprint density at radius 3 is 2.62 bits per heavy atom. The molecule has 5 nitrogen and oxygen atoms in total. The first kappa shape index (κ1) is 12.7. The summed E-state index contributed by atoms with van der Waals surface area (Å²) in [7, 11) is 0. The molecular weight excluding hydrogens is 206 g/mol. The summed E-state index contributed by atoms with van der Waals surface area (Å²) in [6.45, 7) is 7.89. The summed E-state index contributed by atoms with van der Waals surface area (Å²) >= 11 is 0. The van der Waals surface area contributed by atoms with Gasteiger partial charge in [-0.1, -0.05) is 12.1 Å². The zero-order chi connectivity index (χ0) is 12.3. The molecule has 90 valence electrons. The van der Waals surface area contributed by atoms with Crippen molar-refractivity contribution >= 4 is 5.91 Å². The quantitative estimate of drug-likeness (QED) is 0.801. The van der Waals surface area contributed by atoms with Crippen molar-refractivity contribution in [2.45, 2.75) is 39.7 Å². The Morgan fingerprint density at radius 2 is 2.19 bits per heavy atom. The maximum Gasteiger partial charge on any atom is 0.274 e. The molecule has 0 saturated carbocycles. The fraction of sp³-hybridized carbons (Fsp3) is 0.636. The van der Waals surface area contributed by atoms with E-state index in [1.165, 1.54) is 0 Å². The van der Waals surface area contributed by atoms with Crippen molar-refractivity contribution in [2.75, 3.05) is 6.54 Å². The molecule has 0 spiro atoms. The SMILES string of the molecule is CCc1onc(C(=O)NC(C)(C)CN)c1C. The van der Waals surface area contributed by atoms with Gasteiger partial charge in [-0.15, -0.1) is 0 Å². The molecule has 3 N–H and O–H groups in total. The summed E-state index contributed by atoms with van der Waals surface area (Å²) in [6, 6.07) is 0. The van der Waals surface area contributed by atoms with Gasteiger partial charge in [0.25, 0.3) is 5.91 Å². The molecule has 5 heteroatoms. The lowest BCUT2D eigenvalue weighted by atomic mass is 10.1. The van der Waals surface area contributed by atoms with E-state index in [1.807, 2.05) is 27.7 Å². The van der Waals surface area contributed by atoms with Crippen molar-refractivity contribution in [1.29, 1.82) is 0 Å². The van der Waals surface area contributed by atoms with Gasteiger partial charge in [0.1, 0.15) is 5.76 Å². The standard InChI is InChI=1S/C11H19N3O2/c1-5-8-7(2)9(14-16-8)10(15)13-11(3,4)6-12/h5-6,12H2,1-4H3,(H,13,15). The normalized spacial score (nSPS) is 11.6. The van der Waals surface area contributed by atoms with Crippen molar-refractivity contribution in [2.24, 2.45) is 5.73 Å². The minimum Gasteiger partial charge on any atom is -0.360 e. The fourth-order valence-corrected chi connectivity index (χ4v) is 1.33. The maximum atomic E-state index is 11.9. The van der Waals surface area contributed by atoms with Crippen LogP contribution in [-0.4, -0.2) is 23.1 Å². The first-order valence-electron chi connectivity index (χ1n) is 5.39.